The van der Waals surface area contributed by atoms with E-state index in [-0.39, 0.29) is 11.4 Å². The Labute approximate surface area is 129 Å². The maximum atomic E-state index is 11.3. The fraction of sp³-hybridized carbons (Fsp3) is 0.625. The Morgan fingerprint density at radius 1 is 1.52 bits per heavy atom. The molecule has 1 aromatic carbocycles. The Morgan fingerprint density at radius 2 is 2.29 bits per heavy atom. The van der Waals surface area contributed by atoms with Gasteiger partial charge in [-0.15, -0.1) is 0 Å². The first-order valence-corrected chi connectivity index (χ1v) is 9.02. The summed E-state index contributed by atoms with van der Waals surface area (Å²) < 4.78 is 22.6. The van der Waals surface area contributed by atoms with Gasteiger partial charge in [0.15, 0.2) is 0 Å². The largest absolute Gasteiger partial charge is 0.496 e. The van der Waals surface area contributed by atoms with Gasteiger partial charge in [-0.25, -0.2) is 0 Å². The molecule has 5 heteroatoms. The number of methoxy groups -OCH3 is 1. The summed E-state index contributed by atoms with van der Waals surface area (Å²) in [7, 11) is 0.948. The molecule has 0 aliphatic carbocycles. The van der Waals surface area contributed by atoms with E-state index in [4.69, 9.17) is 9.47 Å². The van der Waals surface area contributed by atoms with E-state index in [0.29, 0.717) is 0 Å². The number of ether oxygens (including phenoxy) is 2. The predicted octanol–water partition coefficient (Wildman–Crippen LogP) is 2.27. The van der Waals surface area contributed by atoms with Crippen molar-refractivity contribution in [1.82, 2.24) is 5.32 Å². The van der Waals surface area contributed by atoms with Gasteiger partial charge < -0.3 is 14.8 Å². The van der Waals surface area contributed by atoms with E-state index in [1.165, 1.54) is 5.56 Å². The summed E-state index contributed by atoms with van der Waals surface area (Å²) in [6, 6.07) is 4.16. The molecule has 0 fully saturated rings. The van der Waals surface area contributed by atoms with E-state index in [0.717, 1.165) is 43.0 Å². The van der Waals surface area contributed by atoms with Crippen molar-refractivity contribution in [1.29, 1.82) is 0 Å². The third-order valence-corrected chi connectivity index (χ3v) is 5.28. The van der Waals surface area contributed by atoms with Crippen molar-refractivity contribution in [2.45, 2.75) is 44.6 Å². The third-order valence-electron chi connectivity index (χ3n) is 3.91. The van der Waals surface area contributed by atoms with Crippen molar-refractivity contribution in [2.24, 2.45) is 0 Å². The number of nitrogens with one attached hydrogen (secondary N) is 1. The molecule has 4 nitrogen and oxygen atoms in total. The van der Waals surface area contributed by atoms with Gasteiger partial charge in [0.05, 0.1) is 7.11 Å². The van der Waals surface area contributed by atoms with Gasteiger partial charge >= 0.3 is 0 Å². The van der Waals surface area contributed by atoms with Crippen molar-refractivity contribution in [3.63, 3.8) is 0 Å². The van der Waals surface area contributed by atoms with Crippen LogP contribution in [0.15, 0.2) is 12.1 Å². The summed E-state index contributed by atoms with van der Waals surface area (Å²) in [5.74, 6) is 1.88. The van der Waals surface area contributed by atoms with Gasteiger partial charge in [-0.2, -0.15) is 0 Å². The van der Waals surface area contributed by atoms with Gasteiger partial charge in [0.1, 0.15) is 17.6 Å². The molecule has 118 valence electrons. The van der Waals surface area contributed by atoms with Gasteiger partial charge in [0.25, 0.3) is 0 Å². The molecule has 1 heterocycles. The topological polar surface area (TPSA) is 47.6 Å². The fourth-order valence-corrected chi connectivity index (χ4v) is 2.95. The van der Waals surface area contributed by atoms with E-state index < -0.39 is 10.8 Å². The maximum absolute atomic E-state index is 11.3. The summed E-state index contributed by atoms with van der Waals surface area (Å²) in [6.45, 7) is 5.68. The lowest BCUT2D eigenvalue weighted by atomic mass is 10.1. The van der Waals surface area contributed by atoms with Crippen molar-refractivity contribution in [3.05, 3.63) is 23.3 Å². The van der Waals surface area contributed by atoms with Crippen molar-refractivity contribution in [3.8, 4) is 11.5 Å². The SMILES string of the molecule is COc1cc2c(cc1CNCCC(C)S(C)=O)OC(C)C2. The normalized spacial score (nSPS) is 19.7. The van der Waals surface area contributed by atoms with Crippen LogP contribution in [0.2, 0.25) is 0 Å². The average molecular weight is 311 g/mol. The molecule has 0 saturated carbocycles. The van der Waals surface area contributed by atoms with Crippen LogP contribution in [0.1, 0.15) is 31.4 Å². The molecule has 0 saturated heterocycles. The van der Waals surface area contributed by atoms with Crippen molar-refractivity contribution in [2.75, 3.05) is 19.9 Å². The molecule has 0 bridgehead atoms. The monoisotopic (exact) mass is 311 g/mol. The van der Waals surface area contributed by atoms with Crippen LogP contribution in [0.3, 0.4) is 0 Å². The Bertz CT molecular complexity index is 518. The molecule has 2 rings (SSSR count). The minimum absolute atomic E-state index is 0.226. The van der Waals surface area contributed by atoms with Crippen LogP contribution in [0.4, 0.5) is 0 Å². The lowest BCUT2D eigenvalue weighted by molar-refractivity contribution is 0.254. The van der Waals surface area contributed by atoms with E-state index in [9.17, 15) is 4.21 Å². The predicted molar refractivity (Wildman–Crippen MR) is 86.6 cm³/mol. The highest BCUT2D eigenvalue weighted by molar-refractivity contribution is 7.84. The van der Waals surface area contributed by atoms with Gasteiger partial charge in [-0.05, 0) is 32.0 Å². The second-order valence-electron chi connectivity index (χ2n) is 5.68. The Hall–Kier alpha value is -1.07. The first-order chi connectivity index (χ1) is 10.0. The lowest BCUT2D eigenvalue weighted by Crippen LogP contribution is -2.21. The first-order valence-electron chi connectivity index (χ1n) is 7.40. The van der Waals surface area contributed by atoms with Crippen LogP contribution in [-0.2, 0) is 23.8 Å². The lowest BCUT2D eigenvalue weighted by Gasteiger charge is -2.13. The van der Waals surface area contributed by atoms with E-state index in [1.807, 2.05) is 6.92 Å². The smallest absolute Gasteiger partial charge is 0.123 e. The van der Waals surface area contributed by atoms with E-state index >= 15 is 0 Å². The molecular weight excluding hydrogens is 286 g/mol. The Balaban J connectivity index is 1.94. The Kier molecular flexibility index (Phi) is 5.65. The van der Waals surface area contributed by atoms with E-state index in [2.05, 4.69) is 24.4 Å². The zero-order chi connectivity index (χ0) is 15.4. The van der Waals surface area contributed by atoms with Crippen LogP contribution in [0.5, 0.6) is 11.5 Å². The van der Waals surface area contributed by atoms with Gasteiger partial charge in [0, 0.05) is 46.4 Å². The van der Waals surface area contributed by atoms with Gasteiger partial charge in [-0.3, -0.25) is 4.21 Å². The number of rotatable bonds is 7. The highest BCUT2D eigenvalue weighted by Gasteiger charge is 2.21. The molecular formula is C16H25NO3S. The van der Waals surface area contributed by atoms with Crippen molar-refractivity contribution < 1.29 is 13.7 Å². The molecule has 1 aliphatic rings. The number of hydrogen-bond donors (Lipinski definition) is 1. The molecule has 0 amide bonds. The number of benzene rings is 1. The zero-order valence-corrected chi connectivity index (χ0v) is 14.1. The molecule has 1 N–H and O–H groups in total. The average Bonchev–Trinajstić information content (AvgIpc) is 2.81. The van der Waals surface area contributed by atoms with Crippen molar-refractivity contribution >= 4 is 10.8 Å². The quantitative estimate of drug-likeness (QED) is 0.785. The van der Waals surface area contributed by atoms with Crippen LogP contribution in [0.25, 0.3) is 0 Å². The highest BCUT2D eigenvalue weighted by Crippen LogP contribution is 2.34. The molecule has 3 atom stereocenters. The third kappa shape index (κ3) is 4.20. The minimum atomic E-state index is -0.753. The summed E-state index contributed by atoms with van der Waals surface area (Å²) in [6.07, 6.45) is 3.85. The second kappa shape index (κ2) is 7.27. The summed E-state index contributed by atoms with van der Waals surface area (Å²) >= 11 is 0. The minimum Gasteiger partial charge on any atom is -0.496 e. The maximum Gasteiger partial charge on any atom is 0.123 e. The fourth-order valence-electron chi connectivity index (χ4n) is 2.50. The van der Waals surface area contributed by atoms with Crippen LogP contribution in [-0.4, -0.2) is 35.5 Å². The zero-order valence-electron chi connectivity index (χ0n) is 13.3. The molecule has 21 heavy (non-hydrogen) atoms. The first kappa shape index (κ1) is 16.3. The molecule has 0 radical (unpaired) electrons. The van der Waals surface area contributed by atoms with Crippen LogP contribution >= 0.6 is 0 Å². The van der Waals surface area contributed by atoms with Gasteiger partial charge in [0.2, 0.25) is 0 Å². The van der Waals surface area contributed by atoms with Gasteiger partial charge in [-0.1, -0.05) is 6.92 Å². The summed E-state index contributed by atoms with van der Waals surface area (Å²) in [5.41, 5.74) is 2.33. The molecule has 0 aromatic heterocycles. The molecule has 0 spiro atoms. The molecule has 1 aliphatic heterocycles. The standard InChI is InChI=1S/C16H25NO3S/c1-11-7-13-8-15(19-3)14(9-16(13)20-11)10-17-6-5-12(2)21(4)18/h8-9,11-12,17H,5-7,10H2,1-4H3. The summed E-state index contributed by atoms with van der Waals surface area (Å²) in [4.78, 5) is 0. The summed E-state index contributed by atoms with van der Waals surface area (Å²) in [5, 5.41) is 3.62. The molecule has 1 aromatic rings. The van der Waals surface area contributed by atoms with Crippen LogP contribution in [0, 0.1) is 0 Å². The number of fused-ring (bicyclic) bond motifs is 1. The second-order valence-corrected chi connectivity index (χ2v) is 7.48. The van der Waals surface area contributed by atoms with Crippen LogP contribution < -0.4 is 14.8 Å². The van der Waals surface area contributed by atoms with E-state index in [1.54, 1.807) is 13.4 Å². The molecule has 3 unspecified atom stereocenters. The number of hydrogen-bond acceptors (Lipinski definition) is 4. The Morgan fingerprint density at radius 3 is 2.95 bits per heavy atom. The highest BCUT2D eigenvalue weighted by atomic mass is 32.2.